The molecule has 80 valence electrons. The van der Waals surface area contributed by atoms with Crippen molar-refractivity contribution < 1.29 is 9.84 Å². The summed E-state index contributed by atoms with van der Waals surface area (Å²) in [6.07, 6.45) is 9.91. The zero-order chi connectivity index (χ0) is 9.60. The second-order valence-electron chi connectivity index (χ2n) is 5.39. The Hall–Kier alpha value is -0.0800. The van der Waals surface area contributed by atoms with E-state index in [1.165, 1.54) is 32.1 Å². The number of hydrogen-bond donors (Lipinski definition) is 1. The predicted octanol–water partition coefficient (Wildman–Crippen LogP) is 2.45. The van der Waals surface area contributed by atoms with Crippen molar-refractivity contribution in [3.63, 3.8) is 0 Å². The molecule has 0 radical (unpaired) electrons. The maximum absolute atomic E-state index is 10.1. The Morgan fingerprint density at radius 2 is 1.79 bits per heavy atom. The minimum atomic E-state index is -0.734. The first-order valence-electron chi connectivity index (χ1n) is 6.17. The van der Waals surface area contributed by atoms with Gasteiger partial charge in [-0.3, -0.25) is 0 Å². The van der Waals surface area contributed by atoms with Gasteiger partial charge in [0.15, 0.2) is 5.79 Å². The van der Waals surface area contributed by atoms with E-state index < -0.39 is 5.79 Å². The van der Waals surface area contributed by atoms with Crippen molar-refractivity contribution in [1.29, 1.82) is 0 Å². The zero-order valence-corrected chi connectivity index (χ0v) is 8.74. The standard InChI is InChI=1S/C12H20O2/c13-12-7-5-9-3-1-2-4-10(9)11(14-12)6-8-12/h9-11,13H,1-8H2/t9-,10+,11+,12+/m0/s1. The van der Waals surface area contributed by atoms with E-state index in [9.17, 15) is 5.11 Å². The van der Waals surface area contributed by atoms with E-state index in [0.29, 0.717) is 6.10 Å². The fraction of sp³-hybridized carbons (Fsp3) is 1.00. The molecule has 3 rings (SSSR count). The average Bonchev–Trinajstić information content (AvgIpc) is 2.51. The summed E-state index contributed by atoms with van der Waals surface area (Å²) < 4.78 is 5.83. The Balaban J connectivity index is 1.82. The molecular formula is C12H20O2. The quantitative estimate of drug-likeness (QED) is 0.645. The van der Waals surface area contributed by atoms with Crippen molar-refractivity contribution in [3.8, 4) is 0 Å². The number of fused-ring (bicyclic) bond motifs is 4. The van der Waals surface area contributed by atoms with Crippen molar-refractivity contribution in [2.45, 2.75) is 63.3 Å². The van der Waals surface area contributed by atoms with E-state index in [2.05, 4.69) is 0 Å². The highest BCUT2D eigenvalue weighted by Gasteiger charge is 2.47. The molecule has 0 aromatic rings. The fourth-order valence-electron chi connectivity index (χ4n) is 3.75. The molecule has 2 bridgehead atoms. The lowest BCUT2D eigenvalue weighted by molar-refractivity contribution is -0.196. The van der Waals surface area contributed by atoms with Gasteiger partial charge in [-0.15, -0.1) is 0 Å². The van der Waals surface area contributed by atoms with E-state index in [-0.39, 0.29) is 0 Å². The smallest absolute Gasteiger partial charge is 0.165 e. The molecule has 1 N–H and O–H groups in total. The van der Waals surface area contributed by atoms with E-state index in [1.807, 2.05) is 0 Å². The van der Waals surface area contributed by atoms with E-state index in [0.717, 1.165) is 31.1 Å². The molecule has 0 spiro atoms. The van der Waals surface area contributed by atoms with Crippen LogP contribution in [-0.4, -0.2) is 17.0 Å². The van der Waals surface area contributed by atoms with Gasteiger partial charge in [0.2, 0.25) is 0 Å². The third kappa shape index (κ3) is 1.40. The Bertz CT molecular complexity index is 228. The molecule has 4 atom stereocenters. The molecule has 0 amide bonds. The summed E-state index contributed by atoms with van der Waals surface area (Å²) in [5.41, 5.74) is 0. The van der Waals surface area contributed by atoms with Crippen LogP contribution < -0.4 is 0 Å². The summed E-state index contributed by atoms with van der Waals surface area (Å²) >= 11 is 0. The van der Waals surface area contributed by atoms with Crippen LogP contribution in [0, 0.1) is 11.8 Å². The van der Waals surface area contributed by atoms with Crippen LogP contribution >= 0.6 is 0 Å². The molecule has 1 saturated carbocycles. The first-order valence-corrected chi connectivity index (χ1v) is 6.17. The summed E-state index contributed by atoms with van der Waals surface area (Å²) in [6, 6.07) is 0. The normalized spacial score (nSPS) is 52.5. The van der Waals surface area contributed by atoms with Crippen LogP contribution in [0.1, 0.15) is 51.4 Å². The third-order valence-corrected chi connectivity index (χ3v) is 4.54. The first-order chi connectivity index (χ1) is 6.77. The summed E-state index contributed by atoms with van der Waals surface area (Å²) in [7, 11) is 0. The molecule has 2 nitrogen and oxygen atoms in total. The maximum Gasteiger partial charge on any atom is 0.165 e. The van der Waals surface area contributed by atoms with Crippen LogP contribution in [0.15, 0.2) is 0 Å². The molecule has 2 saturated heterocycles. The second-order valence-corrected chi connectivity index (χ2v) is 5.39. The van der Waals surface area contributed by atoms with Gasteiger partial charge in [0.25, 0.3) is 0 Å². The minimum Gasteiger partial charge on any atom is -0.365 e. The second kappa shape index (κ2) is 3.21. The van der Waals surface area contributed by atoms with Crippen LogP contribution in [0.2, 0.25) is 0 Å². The molecule has 2 aliphatic heterocycles. The highest BCUT2D eigenvalue weighted by atomic mass is 16.6. The molecule has 14 heavy (non-hydrogen) atoms. The largest absolute Gasteiger partial charge is 0.365 e. The monoisotopic (exact) mass is 196 g/mol. The van der Waals surface area contributed by atoms with Gasteiger partial charge in [-0.05, 0) is 31.1 Å². The van der Waals surface area contributed by atoms with Gasteiger partial charge in [-0.25, -0.2) is 0 Å². The Kier molecular flexibility index (Phi) is 2.10. The van der Waals surface area contributed by atoms with Gasteiger partial charge in [-0.1, -0.05) is 19.3 Å². The first kappa shape index (κ1) is 9.17. The number of rotatable bonds is 0. The highest BCUT2D eigenvalue weighted by molar-refractivity contribution is 4.92. The van der Waals surface area contributed by atoms with Crippen molar-refractivity contribution in [2.75, 3.05) is 0 Å². The lowest BCUT2D eigenvalue weighted by Crippen LogP contribution is -2.29. The van der Waals surface area contributed by atoms with Crippen molar-refractivity contribution in [3.05, 3.63) is 0 Å². The molecule has 3 aliphatic rings. The summed E-state index contributed by atoms with van der Waals surface area (Å²) in [5.74, 6) is 0.880. The predicted molar refractivity (Wildman–Crippen MR) is 53.7 cm³/mol. The van der Waals surface area contributed by atoms with E-state index in [4.69, 9.17) is 4.74 Å². The minimum absolute atomic E-state index is 0.382. The van der Waals surface area contributed by atoms with E-state index in [1.54, 1.807) is 0 Å². The van der Waals surface area contributed by atoms with Gasteiger partial charge in [-0.2, -0.15) is 0 Å². The Morgan fingerprint density at radius 3 is 2.71 bits per heavy atom. The number of ether oxygens (including phenoxy) is 1. The lowest BCUT2D eigenvalue weighted by atomic mass is 9.72. The molecular weight excluding hydrogens is 176 g/mol. The molecule has 0 aromatic heterocycles. The molecule has 0 unspecified atom stereocenters. The van der Waals surface area contributed by atoms with Gasteiger partial charge < -0.3 is 9.84 Å². The average molecular weight is 196 g/mol. The molecule has 0 aromatic carbocycles. The summed E-state index contributed by atoms with van der Waals surface area (Å²) in [4.78, 5) is 0. The van der Waals surface area contributed by atoms with E-state index >= 15 is 0 Å². The van der Waals surface area contributed by atoms with Crippen molar-refractivity contribution in [1.82, 2.24) is 0 Å². The Morgan fingerprint density at radius 1 is 1.00 bits per heavy atom. The number of hydrogen-bond acceptors (Lipinski definition) is 2. The Labute approximate surface area is 85.6 Å². The topological polar surface area (TPSA) is 29.5 Å². The summed E-state index contributed by atoms with van der Waals surface area (Å²) in [6.45, 7) is 0. The van der Waals surface area contributed by atoms with Gasteiger partial charge in [0.05, 0.1) is 6.10 Å². The van der Waals surface area contributed by atoms with Gasteiger partial charge >= 0.3 is 0 Å². The molecule has 3 fully saturated rings. The highest BCUT2D eigenvalue weighted by Crippen LogP contribution is 2.47. The van der Waals surface area contributed by atoms with Gasteiger partial charge in [0, 0.05) is 12.8 Å². The number of aliphatic hydroxyl groups is 1. The van der Waals surface area contributed by atoms with Gasteiger partial charge in [0.1, 0.15) is 0 Å². The van der Waals surface area contributed by atoms with Crippen LogP contribution in [0.25, 0.3) is 0 Å². The van der Waals surface area contributed by atoms with Crippen LogP contribution in [0.3, 0.4) is 0 Å². The third-order valence-electron chi connectivity index (χ3n) is 4.54. The van der Waals surface area contributed by atoms with Crippen LogP contribution in [-0.2, 0) is 4.74 Å². The fourth-order valence-corrected chi connectivity index (χ4v) is 3.75. The summed E-state index contributed by atoms with van der Waals surface area (Å²) in [5, 5.41) is 10.1. The SMILES string of the molecule is O[C@@]12CC[C@@H]3CCCC[C@H]3[C@@H](CC1)O2. The van der Waals surface area contributed by atoms with Crippen LogP contribution in [0.5, 0.6) is 0 Å². The van der Waals surface area contributed by atoms with Crippen LogP contribution in [0.4, 0.5) is 0 Å². The maximum atomic E-state index is 10.1. The zero-order valence-electron chi connectivity index (χ0n) is 8.74. The van der Waals surface area contributed by atoms with Crippen molar-refractivity contribution >= 4 is 0 Å². The molecule has 1 aliphatic carbocycles. The lowest BCUT2D eigenvalue weighted by Gasteiger charge is -2.33. The molecule has 2 heterocycles. The van der Waals surface area contributed by atoms with Crippen molar-refractivity contribution in [2.24, 2.45) is 11.8 Å². The molecule has 2 heteroatoms.